The highest BCUT2D eigenvalue weighted by molar-refractivity contribution is 7.91. The van der Waals surface area contributed by atoms with E-state index in [1.165, 1.54) is 11.3 Å². The van der Waals surface area contributed by atoms with Crippen LogP contribution in [0.3, 0.4) is 0 Å². The fraction of sp³-hybridized carbons (Fsp3) is 0.692. The fourth-order valence-corrected chi connectivity index (χ4v) is 4.16. The summed E-state index contributed by atoms with van der Waals surface area (Å²) in [5.74, 6) is 0. The lowest BCUT2D eigenvalue weighted by Crippen LogP contribution is -2.33. The quantitative estimate of drug-likeness (QED) is 0.848. The first-order valence-electron chi connectivity index (χ1n) is 6.40. The summed E-state index contributed by atoms with van der Waals surface area (Å²) in [6.07, 6.45) is 0.716. The maximum absolute atomic E-state index is 12.0. The number of aryl methyl sites for hydroxylation is 1. The monoisotopic (exact) mass is 305 g/mol. The predicted octanol–water partition coefficient (Wildman–Crippen LogP) is 2.39. The second kappa shape index (κ2) is 6.35. The van der Waals surface area contributed by atoms with E-state index in [2.05, 4.69) is 4.72 Å². The number of aliphatic hydroxyl groups excluding tert-OH is 1. The first kappa shape index (κ1) is 16.6. The summed E-state index contributed by atoms with van der Waals surface area (Å²) in [4.78, 5) is 1.04. The molecule has 0 saturated carbocycles. The SMILES string of the molecule is CCc1ccc(S(=O)(=O)NCC(O)CC(C)(C)C)s1. The first-order chi connectivity index (χ1) is 8.64. The third-order valence-corrected chi connectivity index (χ3v) is 5.75. The molecular formula is C13H23NO3S2. The fourth-order valence-electron chi connectivity index (χ4n) is 1.75. The Labute approximate surface area is 119 Å². The topological polar surface area (TPSA) is 66.4 Å². The van der Waals surface area contributed by atoms with Crippen LogP contribution in [0.5, 0.6) is 0 Å². The van der Waals surface area contributed by atoms with Crippen molar-refractivity contribution in [3.8, 4) is 0 Å². The molecule has 0 amide bonds. The number of hydrogen-bond donors (Lipinski definition) is 2. The molecule has 1 heterocycles. The Balaban J connectivity index is 2.61. The van der Waals surface area contributed by atoms with Gasteiger partial charge in [-0.05, 0) is 30.4 Å². The van der Waals surface area contributed by atoms with Crippen molar-refractivity contribution >= 4 is 21.4 Å². The van der Waals surface area contributed by atoms with Gasteiger partial charge in [-0.1, -0.05) is 27.7 Å². The van der Waals surface area contributed by atoms with E-state index in [0.29, 0.717) is 10.6 Å². The standard InChI is InChI=1S/C13H23NO3S2/c1-5-11-6-7-12(18-11)19(16,17)14-9-10(15)8-13(2,3)4/h6-7,10,14-15H,5,8-9H2,1-4H3. The zero-order chi connectivity index (χ0) is 14.7. The van der Waals surface area contributed by atoms with E-state index in [4.69, 9.17) is 0 Å². The zero-order valence-electron chi connectivity index (χ0n) is 11.9. The molecule has 2 N–H and O–H groups in total. The molecule has 0 bridgehead atoms. The van der Waals surface area contributed by atoms with Crippen LogP contribution in [0.15, 0.2) is 16.3 Å². The molecule has 110 valence electrons. The van der Waals surface area contributed by atoms with E-state index in [-0.39, 0.29) is 12.0 Å². The second-order valence-corrected chi connectivity index (χ2v) is 9.01. The van der Waals surface area contributed by atoms with E-state index in [0.717, 1.165) is 11.3 Å². The largest absolute Gasteiger partial charge is 0.392 e. The minimum Gasteiger partial charge on any atom is -0.392 e. The molecule has 6 heteroatoms. The van der Waals surface area contributed by atoms with E-state index < -0.39 is 16.1 Å². The maximum atomic E-state index is 12.0. The summed E-state index contributed by atoms with van der Waals surface area (Å²) in [5.41, 5.74) is -0.0246. The highest BCUT2D eigenvalue weighted by Gasteiger charge is 2.21. The van der Waals surface area contributed by atoms with E-state index >= 15 is 0 Å². The van der Waals surface area contributed by atoms with Crippen molar-refractivity contribution in [3.63, 3.8) is 0 Å². The van der Waals surface area contributed by atoms with E-state index in [1.807, 2.05) is 33.8 Å². The van der Waals surface area contributed by atoms with E-state index in [1.54, 1.807) is 6.07 Å². The van der Waals surface area contributed by atoms with Crippen LogP contribution in [-0.4, -0.2) is 26.2 Å². The minimum absolute atomic E-state index is 0.0246. The van der Waals surface area contributed by atoms with Crippen LogP contribution >= 0.6 is 11.3 Å². The summed E-state index contributed by atoms with van der Waals surface area (Å²) < 4.78 is 26.8. The van der Waals surface area contributed by atoms with Crippen molar-refractivity contribution in [1.82, 2.24) is 4.72 Å². The van der Waals surface area contributed by atoms with Crippen LogP contribution in [0.25, 0.3) is 0 Å². The van der Waals surface area contributed by atoms with Crippen molar-refractivity contribution in [2.45, 2.75) is 50.8 Å². The molecule has 1 aromatic rings. The molecule has 1 unspecified atom stereocenters. The number of nitrogens with one attached hydrogen (secondary N) is 1. The molecule has 0 aliphatic heterocycles. The zero-order valence-corrected chi connectivity index (χ0v) is 13.6. The highest BCUT2D eigenvalue weighted by Crippen LogP contribution is 2.23. The first-order valence-corrected chi connectivity index (χ1v) is 8.70. The number of sulfonamides is 1. The lowest BCUT2D eigenvalue weighted by molar-refractivity contribution is 0.125. The van der Waals surface area contributed by atoms with Crippen molar-refractivity contribution in [3.05, 3.63) is 17.0 Å². The van der Waals surface area contributed by atoms with Crippen LogP contribution in [0, 0.1) is 5.41 Å². The van der Waals surface area contributed by atoms with Gasteiger partial charge in [-0.25, -0.2) is 13.1 Å². The Morgan fingerprint density at radius 3 is 2.47 bits per heavy atom. The third-order valence-electron chi connectivity index (χ3n) is 2.61. The maximum Gasteiger partial charge on any atom is 0.250 e. The van der Waals surface area contributed by atoms with Crippen molar-refractivity contribution < 1.29 is 13.5 Å². The smallest absolute Gasteiger partial charge is 0.250 e. The average Bonchev–Trinajstić information content (AvgIpc) is 2.73. The van der Waals surface area contributed by atoms with Crippen molar-refractivity contribution in [1.29, 1.82) is 0 Å². The van der Waals surface area contributed by atoms with E-state index in [9.17, 15) is 13.5 Å². The van der Waals surface area contributed by atoms with Gasteiger partial charge in [0, 0.05) is 11.4 Å². The Kier molecular flexibility index (Phi) is 5.55. The van der Waals surface area contributed by atoms with Crippen LogP contribution < -0.4 is 4.72 Å². The number of hydrogen-bond acceptors (Lipinski definition) is 4. The van der Waals surface area contributed by atoms with Gasteiger partial charge >= 0.3 is 0 Å². The van der Waals surface area contributed by atoms with Crippen LogP contribution in [-0.2, 0) is 16.4 Å². The Morgan fingerprint density at radius 1 is 1.37 bits per heavy atom. The molecule has 1 atom stereocenters. The van der Waals surface area contributed by atoms with Crippen LogP contribution in [0.1, 0.15) is 39.0 Å². The Morgan fingerprint density at radius 2 is 2.00 bits per heavy atom. The molecular weight excluding hydrogens is 282 g/mol. The van der Waals surface area contributed by atoms with Crippen LogP contribution in [0.4, 0.5) is 0 Å². The molecule has 0 spiro atoms. The van der Waals surface area contributed by atoms with Gasteiger partial charge in [0.05, 0.1) is 6.10 Å². The molecule has 0 aromatic carbocycles. The van der Waals surface area contributed by atoms with Gasteiger partial charge in [0.25, 0.3) is 0 Å². The summed E-state index contributed by atoms with van der Waals surface area (Å²) in [6, 6.07) is 3.44. The number of thiophene rings is 1. The van der Waals surface area contributed by atoms with Crippen molar-refractivity contribution in [2.75, 3.05) is 6.54 Å². The minimum atomic E-state index is -3.49. The van der Waals surface area contributed by atoms with Gasteiger partial charge in [0.1, 0.15) is 4.21 Å². The van der Waals surface area contributed by atoms with Crippen LogP contribution in [0.2, 0.25) is 0 Å². The molecule has 0 aliphatic rings. The van der Waals surface area contributed by atoms with Gasteiger partial charge in [0.2, 0.25) is 10.0 Å². The molecule has 0 saturated heterocycles. The van der Waals surface area contributed by atoms with Gasteiger partial charge in [-0.2, -0.15) is 0 Å². The summed E-state index contributed by atoms with van der Waals surface area (Å²) in [7, 11) is -3.49. The third kappa shape index (κ3) is 5.60. The molecule has 0 aliphatic carbocycles. The summed E-state index contributed by atoms with van der Waals surface area (Å²) in [5, 5.41) is 9.82. The number of rotatable bonds is 6. The molecule has 0 fully saturated rings. The molecule has 0 radical (unpaired) electrons. The Hall–Kier alpha value is -0.430. The second-order valence-electron chi connectivity index (χ2n) is 5.84. The van der Waals surface area contributed by atoms with Gasteiger partial charge in [0.15, 0.2) is 0 Å². The normalized spacial score (nSPS) is 14.6. The Bertz CT molecular complexity index is 500. The molecule has 4 nitrogen and oxygen atoms in total. The summed E-state index contributed by atoms with van der Waals surface area (Å²) >= 11 is 1.27. The van der Waals surface area contributed by atoms with Gasteiger partial charge in [-0.15, -0.1) is 11.3 Å². The van der Waals surface area contributed by atoms with Gasteiger partial charge in [-0.3, -0.25) is 0 Å². The lowest BCUT2D eigenvalue weighted by Gasteiger charge is -2.22. The van der Waals surface area contributed by atoms with Gasteiger partial charge < -0.3 is 5.11 Å². The number of aliphatic hydroxyl groups is 1. The average molecular weight is 305 g/mol. The predicted molar refractivity (Wildman–Crippen MR) is 79.0 cm³/mol. The molecule has 1 rings (SSSR count). The molecule has 19 heavy (non-hydrogen) atoms. The summed E-state index contributed by atoms with van der Waals surface area (Å²) in [6.45, 7) is 8.08. The van der Waals surface area contributed by atoms with Crippen molar-refractivity contribution in [2.24, 2.45) is 5.41 Å². The molecule has 1 aromatic heterocycles. The highest BCUT2D eigenvalue weighted by atomic mass is 32.2. The lowest BCUT2D eigenvalue weighted by atomic mass is 9.89.